The van der Waals surface area contributed by atoms with Gasteiger partial charge in [-0.2, -0.15) is 0 Å². The van der Waals surface area contributed by atoms with Gasteiger partial charge in [0.1, 0.15) is 11.9 Å². The molecule has 16 heavy (non-hydrogen) atoms. The molecule has 4 nitrogen and oxygen atoms in total. The molecule has 2 unspecified atom stereocenters. The molecule has 2 atom stereocenters. The third-order valence-electron chi connectivity index (χ3n) is 1.82. The molecule has 0 aliphatic heterocycles. The fraction of sp³-hybridized carbons (Fsp3) is 0.667. The van der Waals surface area contributed by atoms with Crippen LogP contribution in [0, 0.1) is 5.92 Å². The number of ether oxygens (including phenoxy) is 1. The summed E-state index contributed by atoms with van der Waals surface area (Å²) in [6.07, 6.45) is 3.02. The third-order valence-corrected chi connectivity index (χ3v) is 1.82. The van der Waals surface area contributed by atoms with Crippen molar-refractivity contribution in [2.75, 3.05) is 0 Å². The van der Waals surface area contributed by atoms with Crippen LogP contribution in [0.5, 0.6) is 0 Å². The van der Waals surface area contributed by atoms with Crippen molar-refractivity contribution in [1.82, 2.24) is 0 Å². The Labute approximate surface area is 97.8 Å². The van der Waals surface area contributed by atoms with E-state index >= 15 is 0 Å². The molecular weight excluding hydrogens is 206 g/mol. The average molecular weight is 229 g/mol. The van der Waals surface area contributed by atoms with E-state index in [1.165, 1.54) is 0 Å². The lowest BCUT2D eigenvalue weighted by molar-refractivity contribution is -0.138. The van der Waals surface area contributed by atoms with E-state index in [1.807, 2.05) is 27.7 Å². The lowest BCUT2D eigenvalue weighted by Gasteiger charge is -2.14. The highest BCUT2D eigenvalue weighted by molar-refractivity contribution is 5.50. The molecule has 0 amide bonds. The zero-order valence-corrected chi connectivity index (χ0v) is 10.6. The van der Waals surface area contributed by atoms with E-state index in [4.69, 9.17) is 5.73 Å². The molecule has 0 rings (SSSR count). The first kappa shape index (κ1) is 17.2. The van der Waals surface area contributed by atoms with Gasteiger partial charge in [-0.25, -0.2) is 0 Å². The van der Waals surface area contributed by atoms with E-state index in [2.05, 4.69) is 11.3 Å². The Kier molecular flexibility index (Phi) is 9.80. The molecule has 94 valence electrons. The number of nitrogens with two attached hydrogens (primary N) is 1. The van der Waals surface area contributed by atoms with Crippen molar-refractivity contribution in [2.24, 2.45) is 11.7 Å². The fourth-order valence-corrected chi connectivity index (χ4v) is 0.645. The molecule has 0 fully saturated rings. The molecule has 0 saturated heterocycles. The quantitative estimate of drug-likeness (QED) is 0.575. The van der Waals surface area contributed by atoms with Crippen LogP contribution in [0.2, 0.25) is 0 Å². The Bertz CT molecular complexity index is 209. The Morgan fingerprint density at radius 2 is 1.88 bits per heavy atom. The minimum Gasteiger partial charge on any atom is -0.462 e. The van der Waals surface area contributed by atoms with Crippen LogP contribution >= 0.6 is 0 Å². The standard InChI is InChI=1S/C7H13NO.C5H10O2/c1-3-6(2)7(8)4-5-9;1-5(2,3)7-4-6/h3,5-7H,1,4,8H2,2H3;4H,1-3H3. The van der Waals surface area contributed by atoms with E-state index in [9.17, 15) is 9.59 Å². The molecule has 4 heteroatoms. The van der Waals surface area contributed by atoms with Crippen LogP contribution in [0.15, 0.2) is 12.7 Å². The normalized spacial score (nSPS) is 13.8. The van der Waals surface area contributed by atoms with Gasteiger partial charge in [0.15, 0.2) is 0 Å². The number of carbonyl (C=O) groups excluding carboxylic acids is 2. The molecule has 0 heterocycles. The zero-order valence-electron chi connectivity index (χ0n) is 10.6. The second kappa shape index (κ2) is 9.09. The summed E-state index contributed by atoms with van der Waals surface area (Å²) in [6.45, 7) is 11.4. The number of hydrogen-bond donors (Lipinski definition) is 1. The molecule has 0 saturated carbocycles. The van der Waals surface area contributed by atoms with Crippen molar-refractivity contribution in [1.29, 1.82) is 0 Å². The number of carbonyl (C=O) groups is 2. The lowest BCUT2D eigenvalue weighted by Crippen LogP contribution is -2.26. The van der Waals surface area contributed by atoms with E-state index in [0.717, 1.165) is 6.29 Å². The van der Waals surface area contributed by atoms with Crippen molar-refractivity contribution in [3.05, 3.63) is 12.7 Å². The SMILES string of the molecule is C=CC(C)C(N)CC=O.CC(C)(C)OC=O. The first-order valence-corrected chi connectivity index (χ1v) is 5.21. The molecule has 0 bridgehead atoms. The summed E-state index contributed by atoms with van der Waals surface area (Å²) in [5.74, 6) is 0.232. The van der Waals surface area contributed by atoms with Crippen molar-refractivity contribution in [2.45, 2.75) is 45.8 Å². The van der Waals surface area contributed by atoms with E-state index in [0.29, 0.717) is 12.9 Å². The smallest absolute Gasteiger partial charge is 0.293 e. The summed E-state index contributed by atoms with van der Waals surface area (Å²) in [5.41, 5.74) is 5.22. The fourth-order valence-electron chi connectivity index (χ4n) is 0.645. The molecular formula is C12H23NO3. The van der Waals surface area contributed by atoms with Gasteiger partial charge in [0, 0.05) is 12.5 Å². The minimum atomic E-state index is -0.318. The van der Waals surface area contributed by atoms with Crippen molar-refractivity contribution in [3.63, 3.8) is 0 Å². The molecule has 0 aromatic carbocycles. The number of rotatable bonds is 5. The number of aldehydes is 1. The van der Waals surface area contributed by atoms with Gasteiger partial charge in [0.05, 0.1) is 0 Å². The molecule has 0 aromatic rings. The van der Waals surface area contributed by atoms with Gasteiger partial charge in [-0.1, -0.05) is 13.0 Å². The van der Waals surface area contributed by atoms with E-state index < -0.39 is 0 Å². The second-order valence-electron chi connectivity index (χ2n) is 4.49. The Balaban J connectivity index is 0. The molecule has 0 aliphatic carbocycles. The van der Waals surface area contributed by atoms with Crippen LogP contribution in [0.3, 0.4) is 0 Å². The van der Waals surface area contributed by atoms with Crippen LogP contribution in [0.4, 0.5) is 0 Å². The van der Waals surface area contributed by atoms with Crippen molar-refractivity contribution in [3.8, 4) is 0 Å². The predicted molar refractivity (Wildman–Crippen MR) is 64.9 cm³/mol. The number of hydrogen-bond acceptors (Lipinski definition) is 4. The summed E-state index contributed by atoms with van der Waals surface area (Å²) in [4.78, 5) is 19.5. The minimum absolute atomic E-state index is 0.0556. The highest BCUT2D eigenvalue weighted by Crippen LogP contribution is 2.03. The summed E-state index contributed by atoms with van der Waals surface area (Å²) in [6, 6.07) is -0.0556. The van der Waals surface area contributed by atoms with Gasteiger partial charge in [-0.15, -0.1) is 6.58 Å². The monoisotopic (exact) mass is 229 g/mol. The first-order chi connectivity index (χ1) is 7.28. The lowest BCUT2D eigenvalue weighted by atomic mass is 10.0. The van der Waals surface area contributed by atoms with Gasteiger partial charge in [-0.3, -0.25) is 4.79 Å². The van der Waals surface area contributed by atoms with Gasteiger partial charge in [-0.05, 0) is 26.7 Å². The molecule has 0 radical (unpaired) electrons. The maximum atomic E-state index is 9.92. The van der Waals surface area contributed by atoms with E-state index in [-0.39, 0.29) is 17.6 Å². The van der Waals surface area contributed by atoms with Gasteiger partial charge < -0.3 is 15.3 Å². The molecule has 0 aromatic heterocycles. The van der Waals surface area contributed by atoms with Crippen LogP contribution in [-0.4, -0.2) is 24.4 Å². The second-order valence-corrected chi connectivity index (χ2v) is 4.49. The summed E-state index contributed by atoms with van der Waals surface area (Å²) < 4.78 is 4.55. The summed E-state index contributed by atoms with van der Waals surface area (Å²) in [5, 5.41) is 0. The summed E-state index contributed by atoms with van der Waals surface area (Å²) >= 11 is 0. The van der Waals surface area contributed by atoms with E-state index in [1.54, 1.807) is 6.08 Å². The highest BCUT2D eigenvalue weighted by Gasteiger charge is 2.07. The zero-order chi connectivity index (χ0) is 13.2. The predicted octanol–water partition coefficient (Wildman–Crippen LogP) is 1.68. The Hall–Kier alpha value is -1.16. The maximum absolute atomic E-state index is 9.92. The Morgan fingerprint density at radius 1 is 1.38 bits per heavy atom. The molecule has 0 spiro atoms. The van der Waals surface area contributed by atoms with Crippen LogP contribution in [-0.2, 0) is 14.3 Å². The van der Waals surface area contributed by atoms with Crippen molar-refractivity contribution >= 4 is 12.8 Å². The summed E-state index contributed by atoms with van der Waals surface area (Å²) in [7, 11) is 0. The molecule has 2 N–H and O–H groups in total. The topological polar surface area (TPSA) is 69.4 Å². The van der Waals surface area contributed by atoms with Gasteiger partial charge >= 0.3 is 0 Å². The largest absolute Gasteiger partial charge is 0.462 e. The van der Waals surface area contributed by atoms with Crippen LogP contribution in [0.1, 0.15) is 34.1 Å². The Morgan fingerprint density at radius 3 is 2.06 bits per heavy atom. The van der Waals surface area contributed by atoms with Crippen molar-refractivity contribution < 1.29 is 14.3 Å². The van der Waals surface area contributed by atoms with Gasteiger partial charge in [0.25, 0.3) is 6.47 Å². The highest BCUT2D eigenvalue weighted by atomic mass is 16.5. The molecule has 0 aliphatic rings. The van der Waals surface area contributed by atoms with Gasteiger partial charge in [0.2, 0.25) is 0 Å². The van der Waals surface area contributed by atoms with Crippen LogP contribution < -0.4 is 5.73 Å². The van der Waals surface area contributed by atoms with Crippen LogP contribution in [0.25, 0.3) is 0 Å². The average Bonchev–Trinajstić information content (AvgIpc) is 2.16. The maximum Gasteiger partial charge on any atom is 0.293 e. The first-order valence-electron chi connectivity index (χ1n) is 5.21. The third kappa shape index (κ3) is 12.8.